The summed E-state index contributed by atoms with van der Waals surface area (Å²) in [7, 11) is 0. The van der Waals surface area contributed by atoms with E-state index in [1.807, 2.05) is 48.8 Å². The molecule has 4 aromatic carbocycles. The Labute approximate surface area is 255 Å². The maximum absolute atomic E-state index is 11.2. The average molecular weight is 591 g/mol. The van der Waals surface area contributed by atoms with E-state index in [1.165, 1.54) is 0 Å². The van der Waals surface area contributed by atoms with Crippen molar-refractivity contribution >= 4 is 28.8 Å². The smallest absolute Gasteiger partial charge is 0.449 e. The van der Waals surface area contributed by atoms with Crippen molar-refractivity contribution in [3.05, 3.63) is 125 Å². The van der Waals surface area contributed by atoms with Crippen molar-refractivity contribution in [2.75, 3.05) is 0 Å². The van der Waals surface area contributed by atoms with Crippen LogP contribution in [0.3, 0.4) is 0 Å². The van der Waals surface area contributed by atoms with Gasteiger partial charge in [0, 0.05) is 41.9 Å². The fourth-order valence-electron chi connectivity index (χ4n) is 5.48. The fourth-order valence-corrected chi connectivity index (χ4v) is 5.69. The number of carbonyl (C=O) groups is 1. The van der Waals surface area contributed by atoms with Gasteiger partial charge in [-0.3, -0.25) is 0 Å². The summed E-state index contributed by atoms with van der Waals surface area (Å²) < 4.78 is 9.36. The topological polar surface area (TPSA) is 82.2 Å². The molecule has 0 aliphatic rings. The van der Waals surface area contributed by atoms with Gasteiger partial charge in [0.1, 0.15) is 11.6 Å². The van der Waals surface area contributed by atoms with Crippen molar-refractivity contribution in [1.82, 2.24) is 19.1 Å². The van der Waals surface area contributed by atoms with E-state index in [9.17, 15) is 4.79 Å². The van der Waals surface area contributed by atoms with Crippen LogP contribution < -0.4 is 4.74 Å². The lowest BCUT2D eigenvalue weighted by Gasteiger charge is -2.12. The van der Waals surface area contributed by atoms with Gasteiger partial charge in [-0.2, -0.15) is 0 Å². The minimum Gasteiger partial charge on any atom is -0.449 e. The van der Waals surface area contributed by atoms with Gasteiger partial charge in [-0.25, -0.2) is 14.8 Å². The second-order valence-electron chi connectivity index (χ2n) is 10.6. The van der Waals surface area contributed by atoms with Gasteiger partial charge in [0.15, 0.2) is 0 Å². The van der Waals surface area contributed by atoms with Crippen LogP contribution in [0.2, 0.25) is 5.02 Å². The molecule has 6 aromatic rings. The first-order valence-corrected chi connectivity index (χ1v) is 14.6. The van der Waals surface area contributed by atoms with E-state index in [-0.39, 0.29) is 0 Å². The number of fused-ring (bicyclic) bond motifs is 1. The molecule has 0 spiro atoms. The molecule has 0 amide bonds. The summed E-state index contributed by atoms with van der Waals surface area (Å²) in [5.41, 5.74) is 8.99. The number of nitrogens with zero attached hydrogens (tertiary/aromatic N) is 4. The van der Waals surface area contributed by atoms with Crippen LogP contribution in [0.5, 0.6) is 5.75 Å². The Balaban J connectivity index is 1.32. The third-order valence-corrected chi connectivity index (χ3v) is 7.71. The number of rotatable bonds is 9. The number of aromatic nitrogens is 4. The van der Waals surface area contributed by atoms with Crippen molar-refractivity contribution < 1.29 is 14.6 Å². The number of benzene rings is 4. The van der Waals surface area contributed by atoms with Gasteiger partial charge in [0.25, 0.3) is 0 Å². The van der Waals surface area contributed by atoms with E-state index in [4.69, 9.17) is 31.4 Å². The van der Waals surface area contributed by atoms with E-state index in [0.29, 0.717) is 18.8 Å². The highest BCUT2D eigenvalue weighted by Crippen LogP contribution is 2.32. The zero-order chi connectivity index (χ0) is 29.9. The first-order chi connectivity index (χ1) is 20.9. The summed E-state index contributed by atoms with van der Waals surface area (Å²) in [4.78, 5) is 20.9. The Morgan fingerprint density at radius 1 is 0.930 bits per heavy atom. The summed E-state index contributed by atoms with van der Waals surface area (Å²) in [6.07, 6.45) is 4.46. The second-order valence-corrected chi connectivity index (χ2v) is 11.1. The van der Waals surface area contributed by atoms with E-state index in [0.717, 1.165) is 73.8 Å². The molecule has 0 atom stereocenters. The van der Waals surface area contributed by atoms with Gasteiger partial charge < -0.3 is 19.0 Å². The highest BCUT2D eigenvalue weighted by Gasteiger charge is 2.16. The third-order valence-electron chi connectivity index (χ3n) is 7.47. The zero-order valence-electron chi connectivity index (χ0n) is 24.0. The molecule has 0 fully saturated rings. The summed E-state index contributed by atoms with van der Waals surface area (Å²) in [5.74, 6) is 1.36. The number of imidazole rings is 2. The minimum absolute atomic E-state index is 0.312. The number of ether oxygens (including phenoxy) is 1. The molecule has 0 unspecified atom stereocenters. The molecule has 43 heavy (non-hydrogen) atoms. The van der Waals surface area contributed by atoms with Crippen LogP contribution in [0.1, 0.15) is 35.9 Å². The van der Waals surface area contributed by atoms with Gasteiger partial charge in [0.2, 0.25) is 0 Å². The van der Waals surface area contributed by atoms with Crippen LogP contribution in [-0.4, -0.2) is 30.4 Å². The molecule has 216 valence electrons. The van der Waals surface area contributed by atoms with Crippen LogP contribution in [0.25, 0.3) is 33.4 Å². The molecule has 2 aromatic heterocycles. The number of hydrogen-bond acceptors (Lipinski definition) is 4. The number of halogens is 1. The van der Waals surface area contributed by atoms with Crippen LogP contribution in [0.4, 0.5) is 4.79 Å². The predicted molar refractivity (Wildman–Crippen MR) is 170 cm³/mol. The first-order valence-electron chi connectivity index (χ1n) is 14.2. The van der Waals surface area contributed by atoms with Gasteiger partial charge in [-0.1, -0.05) is 73.1 Å². The van der Waals surface area contributed by atoms with Crippen molar-refractivity contribution in [3.63, 3.8) is 0 Å². The van der Waals surface area contributed by atoms with Gasteiger partial charge in [-0.15, -0.1) is 0 Å². The molecule has 7 nitrogen and oxygen atoms in total. The highest BCUT2D eigenvalue weighted by molar-refractivity contribution is 6.30. The Morgan fingerprint density at radius 3 is 2.51 bits per heavy atom. The molecule has 0 aliphatic heterocycles. The normalized spacial score (nSPS) is 11.2. The Kier molecular flexibility index (Phi) is 7.99. The number of hydrogen-bond donors (Lipinski definition) is 1. The molecule has 0 radical (unpaired) electrons. The number of carboxylic acid groups (broad SMARTS) is 1. The maximum Gasteiger partial charge on any atom is 0.511 e. The molecule has 0 saturated carbocycles. The lowest BCUT2D eigenvalue weighted by atomic mass is 10.0. The molecule has 2 heterocycles. The Hall–Kier alpha value is -4.88. The monoisotopic (exact) mass is 590 g/mol. The summed E-state index contributed by atoms with van der Waals surface area (Å²) in [6, 6.07) is 27.5. The molecule has 8 heteroatoms. The Bertz CT molecular complexity index is 1920. The summed E-state index contributed by atoms with van der Waals surface area (Å²) in [5, 5.41) is 9.85. The van der Waals surface area contributed by atoms with E-state index in [1.54, 1.807) is 12.1 Å². The standard InChI is InChI=1S/C35H31ClN4O3/c1-3-7-33-38-34-23(2)16-27(30-21-39(22-37-30)19-25-8-6-9-28(36)17-25)18-31(34)40(33)20-24-12-14-26(15-13-24)29-10-4-5-11-32(29)43-35(41)42/h4-6,8-18,21-22H,3,7,19-20H2,1-2H3,(H,41,42). The molecule has 1 N–H and O–H groups in total. The maximum atomic E-state index is 11.2. The molecule has 0 bridgehead atoms. The fraction of sp³-hybridized carbons (Fsp3) is 0.171. The third kappa shape index (κ3) is 6.17. The molecule has 0 saturated heterocycles. The quantitative estimate of drug-likeness (QED) is 0.135. The largest absolute Gasteiger partial charge is 0.511 e. The molecular weight excluding hydrogens is 560 g/mol. The van der Waals surface area contributed by atoms with E-state index >= 15 is 0 Å². The molecule has 6 rings (SSSR count). The van der Waals surface area contributed by atoms with E-state index < -0.39 is 6.16 Å². The van der Waals surface area contributed by atoms with Gasteiger partial charge in [0.05, 0.1) is 23.1 Å². The SMILES string of the molecule is CCCc1nc2c(C)cc(-c3cn(Cc4cccc(Cl)c4)cn3)cc2n1Cc1ccc(-c2ccccc2OC(=O)O)cc1. The van der Waals surface area contributed by atoms with Gasteiger partial charge in [-0.05, 0) is 65.9 Å². The minimum atomic E-state index is -1.33. The summed E-state index contributed by atoms with van der Waals surface area (Å²) in [6.45, 7) is 5.62. The predicted octanol–water partition coefficient (Wildman–Crippen LogP) is 8.63. The average Bonchev–Trinajstić information content (AvgIpc) is 3.59. The van der Waals surface area contributed by atoms with Crippen molar-refractivity contribution in [1.29, 1.82) is 0 Å². The molecular formula is C35H31ClN4O3. The van der Waals surface area contributed by atoms with Crippen molar-refractivity contribution in [2.45, 2.75) is 39.8 Å². The summed E-state index contributed by atoms with van der Waals surface area (Å²) >= 11 is 6.18. The van der Waals surface area contributed by atoms with E-state index in [2.05, 4.69) is 59.5 Å². The number of para-hydroxylation sites is 1. The van der Waals surface area contributed by atoms with Crippen LogP contribution in [-0.2, 0) is 19.5 Å². The Morgan fingerprint density at radius 2 is 1.74 bits per heavy atom. The van der Waals surface area contributed by atoms with Crippen LogP contribution in [0.15, 0.2) is 97.5 Å². The van der Waals surface area contributed by atoms with Crippen LogP contribution >= 0.6 is 11.6 Å². The van der Waals surface area contributed by atoms with Crippen LogP contribution in [0, 0.1) is 6.92 Å². The van der Waals surface area contributed by atoms with Crippen molar-refractivity contribution in [2.24, 2.45) is 0 Å². The highest BCUT2D eigenvalue weighted by atomic mass is 35.5. The van der Waals surface area contributed by atoms with Crippen molar-refractivity contribution in [3.8, 4) is 28.1 Å². The van der Waals surface area contributed by atoms with Gasteiger partial charge >= 0.3 is 6.16 Å². The zero-order valence-corrected chi connectivity index (χ0v) is 24.8. The number of aryl methyl sites for hydroxylation is 2. The second kappa shape index (κ2) is 12.2. The lowest BCUT2D eigenvalue weighted by Crippen LogP contribution is -2.05. The molecule has 0 aliphatic carbocycles. The lowest BCUT2D eigenvalue weighted by molar-refractivity contribution is 0.144. The first kappa shape index (κ1) is 28.2.